The molecule has 4 atom stereocenters. The fourth-order valence-electron chi connectivity index (χ4n) is 8.50. The molecule has 0 saturated carbocycles. The first-order chi connectivity index (χ1) is 27.9. The molecule has 13 nitrogen and oxygen atoms in total. The minimum absolute atomic E-state index is 0.0000668. The average Bonchev–Trinajstić information content (AvgIpc) is 3.80. The van der Waals surface area contributed by atoms with Crippen molar-refractivity contribution in [3.05, 3.63) is 107 Å². The van der Waals surface area contributed by atoms with E-state index in [0.717, 1.165) is 46.8 Å². The van der Waals surface area contributed by atoms with Crippen LogP contribution in [0.5, 0.6) is 0 Å². The monoisotopic (exact) mass is 790 g/mol. The van der Waals surface area contributed by atoms with E-state index >= 15 is 0 Å². The molecule has 4 aromatic rings. The number of carbonyl (C=O) groups excluding carboxylic acids is 4. The highest BCUT2D eigenvalue weighted by molar-refractivity contribution is 7.99. The van der Waals surface area contributed by atoms with Crippen molar-refractivity contribution in [2.45, 2.75) is 55.4 Å². The van der Waals surface area contributed by atoms with Crippen LogP contribution < -0.4 is 16.0 Å². The Labute approximate surface area is 335 Å². The third-order valence-corrected chi connectivity index (χ3v) is 12.3. The van der Waals surface area contributed by atoms with Crippen LogP contribution in [0, 0.1) is 5.92 Å². The Morgan fingerprint density at radius 1 is 0.947 bits per heavy atom. The SMILES string of the molecule is O=C1CCC(N2Cc3c(SCCOCCOCC(=O)Nc4cccc(-c5ccc6c(c5)[C@H]5[C@H](CCN5Cc5ccncc5)[C@@H](CO)N6)c4)cccc3C2=O)C(=O)N1. The van der Waals surface area contributed by atoms with Crippen LogP contribution in [0.1, 0.15) is 52.4 Å². The molecule has 4 N–H and O–H groups in total. The number of carbonyl (C=O) groups is 4. The second kappa shape index (κ2) is 17.6. The van der Waals surface area contributed by atoms with Gasteiger partial charge in [-0.15, -0.1) is 11.8 Å². The van der Waals surface area contributed by atoms with E-state index in [1.54, 1.807) is 22.7 Å². The lowest BCUT2D eigenvalue weighted by molar-refractivity contribution is -0.137. The summed E-state index contributed by atoms with van der Waals surface area (Å²) in [4.78, 5) is 59.1. The molecule has 296 valence electrons. The van der Waals surface area contributed by atoms with E-state index in [2.05, 4.69) is 56.2 Å². The van der Waals surface area contributed by atoms with Crippen molar-refractivity contribution in [3.8, 4) is 11.1 Å². The van der Waals surface area contributed by atoms with Crippen molar-refractivity contribution in [1.29, 1.82) is 0 Å². The predicted molar refractivity (Wildman–Crippen MR) is 215 cm³/mol. The summed E-state index contributed by atoms with van der Waals surface area (Å²) in [6.07, 6.45) is 5.21. The number of pyridine rings is 1. The number of aliphatic hydroxyl groups is 1. The average molecular weight is 791 g/mol. The predicted octanol–water partition coefficient (Wildman–Crippen LogP) is 4.62. The summed E-state index contributed by atoms with van der Waals surface area (Å²) in [5.74, 6) is -0.238. The molecular weight excluding hydrogens is 745 g/mol. The van der Waals surface area contributed by atoms with E-state index in [1.165, 1.54) is 11.1 Å². The summed E-state index contributed by atoms with van der Waals surface area (Å²) in [6, 6.07) is 23.4. The highest BCUT2D eigenvalue weighted by atomic mass is 32.2. The van der Waals surface area contributed by atoms with Gasteiger partial charge in [-0.2, -0.15) is 0 Å². The normalized spacial score (nSPS) is 21.4. The molecule has 4 aliphatic rings. The Kier molecular flexibility index (Phi) is 11.9. The zero-order chi connectivity index (χ0) is 39.3. The summed E-state index contributed by atoms with van der Waals surface area (Å²) >= 11 is 1.58. The van der Waals surface area contributed by atoms with Crippen LogP contribution in [0.15, 0.2) is 90.1 Å². The van der Waals surface area contributed by atoms with Gasteiger partial charge < -0.3 is 30.1 Å². The van der Waals surface area contributed by atoms with Crippen LogP contribution in [0.25, 0.3) is 11.1 Å². The summed E-state index contributed by atoms with van der Waals surface area (Å²) < 4.78 is 11.4. The van der Waals surface area contributed by atoms with Gasteiger partial charge in [-0.3, -0.25) is 34.4 Å². The van der Waals surface area contributed by atoms with Crippen molar-refractivity contribution in [3.63, 3.8) is 0 Å². The number of amides is 4. The molecule has 0 aliphatic carbocycles. The highest BCUT2D eigenvalue weighted by Gasteiger charge is 2.44. The number of likely N-dealkylation sites (tertiary alicyclic amines) is 1. The Morgan fingerprint density at radius 3 is 2.61 bits per heavy atom. The lowest BCUT2D eigenvalue weighted by Gasteiger charge is -2.39. The summed E-state index contributed by atoms with van der Waals surface area (Å²) in [6.45, 7) is 3.11. The number of aliphatic hydroxyl groups excluding tert-OH is 1. The molecule has 5 heterocycles. The van der Waals surface area contributed by atoms with Gasteiger partial charge in [0.1, 0.15) is 12.6 Å². The Hall–Kier alpha value is -5.12. The molecule has 3 aromatic carbocycles. The lowest BCUT2D eigenvalue weighted by Crippen LogP contribution is -2.52. The number of fused-ring (bicyclic) bond motifs is 4. The highest BCUT2D eigenvalue weighted by Crippen LogP contribution is 2.48. The molecule has 0 bridgehead atoms. The minimum atomic E-state index is -0.646. The molecule has 0 radical (unpaired) electrons. The van der Waals surface area contributed by atoms with Crippen molar-refractivity contribution >= 4 is 46.8 Å². The Bertz CT molecular complexity index is 2140. The molecule has 14 heteroatoms. The minimum Gasteiger partial charge on any atom is -0.394 e. The second-order valence-corrected chi connectivity index (χ2v) is 15.9. The molecule has 1 unspecified atom stereocenters. The number of aromatic nitrogens is 1. The number of anilines is 2. The molecule has 2 fully saturated rings. The number of benzene rings is 3. The van der Waals surface area contributed by atoms with E-state index in [4.69, 9.17) is 9.47 Å². The van der Waals surface area contributed by atoms with Gasteiger partial charge in [0.25, 0.3) is 5.91 Å². The van der Waals surface area contributed by atoms with Gasteiger partial charge in [0.15, 0.2) is 0 Å². The Morgan fingerprint density at radius 2 is 1.77 bits per heavy atom. The molecule has 2 saturated heterocycles. The largest absolute Gasteiger partial charge is 0.394 e. The first-order valence-corrected chi connectivity index (χ1v) is 20.4. The van der Waals surface area contributed by atoms with Gasteiger partial charge in [-0.05, 0) is 95.7 Å². The maximum atomic E-state index is 13.1. The number of imide groups is 1. The van der Waals surface area contributed by atoms with Gasteiger partial charge in [0, 0.05) is 71.5 Å². The second-order valence-electron chi connectivity index (χ2n) is 14.8. The van der Waals surface area contributed by atoms with Gasteiger partial charge in [0.2, 0.25) is 17.7 Å². The van der Waals surface area contributed by atoms with Crippen molar-refractivity contribution in [2.24, 2.45) is 5.92 Å². The standard InChI is InChI=1S/C43H46N6O7S/c50-25-36-32-13-16-48(23-27-11-14-44-15-12-27)41(32)33-22-29(7-8-35(33)46-36)28-3-1-4-30(21-28)45-40(52)26-56-18-17-55-19-20-57-38-6-2-5-31-34(38)24-49(43(31)54)37-9-10-39(51)47-42(37)53/h1-8,11-12,14-15,21-22,32,36-37,41,46,50H,9-10,13,16-20,23-26H2,(H,45,52)(H,47,51,53)/t32-,36-,37?,41-/m1/s1. The maximum absolute atomic E-state index is 13.1. The van der Waals surface area contributed by atoms with Gasteiger partial charge >= 0.3 is 0 Å². The van der Waals surface area contributed by atoms with Gasteiger partial charge in [0.05, 0.1) is 32.5 Å². The molecule has 0 spiro atoms. The first kappa shape index (κ1) is 38.7. The summed E-state index contributed by atoms with van der Waals surface area (Å²) in [7, 11) is 0. The molecule has 57 heavy (non-hydrogen) atoms. The van der Waals surface area contributed by atoms with Crippen LogP contribution in [-0.2, 0) is 36.9 Å². The summed E-state index contributed by atoms with van der Waals surface area (Å²) in [5, 5.41) is 19.1. The number of hydrogen-bond acceptors (Lipinski definition) is 11. The first-order valence-electron chi connectivity index (χ1n) is 19.5. The number of rotatable bonds is 15. The molecule has 8 rings (SSSR count). The third-order valence-electron chi connectivity index (χ3n) is 11.2. The summed E-state index contributed by atoms with van der Waals surface area (Å²) in [5.41, 5.74) is 7.67. The molecule has 4 amide bonds. The van der Waals surface area contributed by atoms with Gasteiger partial charge in [-0.1, -0.05) is 24.3 Å². The number of ether oxygens (including phenoxy) is 2. The fourth-order valence-corrected chi connectivity index (χ4v) is 9.44. The van der Waals surface area contributed by atoms with E-state index in [1.807, 2.05) is 48.8 Å². The van der Waals surface area contributed by atoms with Crippen molar-refractivity contribution in [2.75, 3.05) is 56.0 Å². The molecule has 4 aliphatic heterocycles. The zero-order valence-corrected chi connectivity index (χ0v) is 32.3. The van der Waals surface area contributed by atoms with Gasteiger partial charge in [-0.25, -0.2) is 0 Å². The van der Waals surface area contributed by atoms with Crippen molar-refractivity contribution < 1.29 is 33.8 Å². The fraction of sp³-hybridized carbons (Fsp3) is 0.372. The number of thioether (sulfide) groups is 1. The van der Waals surface area contributed by atoms with Crippen molar-refractivity contribution in [1.82, 2.24) is 20.1 Å². The van der Waals surface area contributed by atoms with Crippen LogP contribution in [0.2, 0.25) is 0 Å². The van der Waals surface area contributed by atoms with E-state index in [0.29, 0.717) is 49.1 Å². The molecule has 1 aromatic heterocycles. The van der Waals surface area contributed by atoms with Crippen LogP contribution >= 0.6 is 11.8 Å². The van der Waals surface area contributed by atoms with E-state index in [-0.39, 0.29) is 56.0 Å². The molecular formula is C43H46N6O7S. The smallest absolute Gasteiger partial charge is 0.255 e. The zero-order valence-electron chi connectivity index (χ0n) is 31.5. The third kappa shape index (κ3) is 8.60. The topological polar surface area (TPSA) is 162 Å². The van der Waals surface area contributed by atoms with E-state index < -0.39 is 11.9 Å². The number of hydrogen-bond donors (Lipinski definition) is 4. The van der Waals surface area contributed by atoms with Crippen LogP contribution in [-0.4, -0.2) is 101 Å². The number of piperidine rings is 1. The number of nitrogens with one attached hydrogen (secondary N) is 3. The lowest BCUT2D eigenvalue weighted by atomic mass is 9.82. The maximum Gasteiger partial charge on any atom is 0.255 e. The van der Waals surface area contributed by atoms with Crippen LogP contribution in [0.3, 0.4) is 0 Å². The quantitative estimate of drug-likeness (QED) is 0.0756. The van der Waals surface area contributed by atoms with E-state index in [9.17, 15) is 24.3 Å². The van der Waals surface area contributed by atoms with Crippen LogP contribution in [0.4, 0.5) is 11.4 Å². The number of nitrogens with zero attached hydrogens (tertiary/aromatic N) is 3. The Balaban J connectivity index is 0.790.